The minimum Gasteiger partial charge on any atom is -0.376 e. The van der Waals surface area contributed by atoms with Crippen molar-refractivity contribution >= 4 is 5.69 Å². The third-order valence-corrected chi connectivity index (χ3v) is 2.47. The van der Waals surface area contributed by atoms with Crippen LogP contribution in [0.4, 0.5) is 5.69 Å². The van der Waals surface area contributed by atoms with Crippen molar-refractivity contribution < 1.29 is 0 Å². The van der Waals surface area contributed by atoms with E-state index in [1.165, 1.54) is 0 Å². The van der Waals surface area contributed by atoms with E-state index in [4.69, 9.17) is 0 Å². The summed E-state index contributed by atoms with van der Waals surface area (Å²) in [5, 5.41) is 11.5. The van der Waals surface area contributed by atoms with Gasteiger partial charge >= 0.3 is 0 Å². The van der Waals surface area contributed by atoms with Gasteiger partial charge in [-0.3, -0.25) is 4.57 Å². The minimum absolute atomic E-state index is 0.748. The van der Waals surface area contributed by atoms with Gasteiger partial charge in [-0.1, -0.05) is 12.1 Å². The van der Waals surface area contributed by atoms with E-state index in [1.807, 2.05) is 19.1 Å². The number of anilines is 1. The van der Waals surface area contributed by atoms with Gasteiger partial charge in [-0.15, -0.1) is 10.2 Å². The molecule has 1 aliphatic heterocycles. The van der Waals surface area contributed by atoms with Crippen molar-refractivity contribution in [1.82, 2.24) is 14.8 Å². The van der Waals surface area contributed by atoms with Crippen LogP contribution in [0.2, 0.25) is 0 Å². The van der Waals surface area contributed by atoms with Gasteiger partial charge in [-0.25, -0.2) is 0 Å². The van der Waals surface area contributed by atoms with Crippen LogP contribution in [0.25, 0.3) is 5.69 Å². The summed E-state index contributed by atoms with van der Waals surface area (Å²) in [5.74, 6) is 1.91. The smallest absolute Gasteiger partial charge is 0.157 e. The number of aromatic nitrogens is 3. The number of nitrogens with zero attached hydrogens (tertiary/aromatic N) is 3. The number of aryl methyl sites for hydroxylation is 1. The van der Waals surface area contributed by atoms with Crippen LogP contribution in [0.5, 0.6) is 0 Å². The molecule has 0 bridgehead atoms. The maximum absolute atomic E-state index is 4.11. The quantitative estimate of drug-likeness (QED) is 0.678. The molecule has 1 aromatic carbocycles. The van der Waals surface area contributed by atoms with E-state index in [1.54, 1.807) is 0 Å². The molecule has 14 heavy (non-hydrogen) atoms. The number of fused-ring (bicyclic) bond motifs is 3. The maximum atomic E-state index is 4.11. The van der Waals surface area contributed by atoms with Crippen molar-refractivity contribution in [2.75, 3.05) is 5.32 Å². The first-order valence-corrected chi connectivity index (χ1v) is 4.60. The summed E-state index contributed by atoms with van der Waals surface area (Å²) in [6.07, 6.45) is 0. The molecule has 1 aliphatic rings. The molecule has 2 aromatic rings. The molecule has 0 radical (unpaired) electrons. The second-order valence-electron chi connectivity index (χ2n) is 3.37. The Morgan fingerprint density at radius 3 is 3.07 bits per heavy atom. The molecule has 4 nitrogen and oxygen atoms in total. The highest BCUT2D eigenvalue weighted by molar-refractivity contribution is 5.63. The van der Waals surface area contributed by atoms with Crippen molar-refractivity contribution in [3.63, 3.8) is 0 Å². The second kappa shape index (κ2) is 2.57. The zero-order chi connectivity index (χ0) is 9.54. The zero-order valence-electron chi connectivity index (χ0n) is 7.86. The Hall–Kier alpha value is -1.84. The molecule has 0 saturated carbocycles. The Kier molecular flexibility index (Phi) is 1.39. The summed E-state index contributed by atoms with van der Waals surface area (Å²) in [6, 6.07) is 8.19. The highest BCUT2D eigenvalue weighted by Crippen LogP contribution is 2.26. The number of hydrogen-bond acceptors (Lipinski definition) is 3. The Bertz CT molecular complexity index is 487. The lowest BCUT2D eigenvalue weighted by Gasteiger charge is -2.19. The molecule has 0 unspecified atom stereocenters. The first-order valence-electron chi connectivity index (χ1n) is 4.60. The average Bonchev–Trinajstić information content (AvgIpc) is 2.61. The average molecular weight is 186 g/mol. The molecule has 4 heteroatoms. The van der Waals surface area contributed by atoms with Crippen molar-refractivity contribution in [2.24, 2.45) is 0 Å². The maximum Gasteiger partial charge on any atom is 0.157 e. The molecule has 0 aliphatic carbocycles. The topological polar surface area (TPSA) is 42.7 Å². The van der Waals surface area contributed by atoms with Crippen LogP contribution >= 0.6 is 0 Å². The van der Waals surface area contributed by atoms with Crippen molar-refractivity contribution in [1.29, 1.82) is 0 Å². The van der Waals surface area contributed by atoms with E-state index in [-0.39, 0.29) is 0 Å². The summed E-state index contributed by atoms with van der Waals surface area (Å²) >= 11 is 0. The fraction of sp³-hybridized carbons (Fsp3) is 0.200. The van der Waals surface area contributed by atoms with Gasteiger partial charge in [0.05, 0.1) is 17.9 Å². The molecule has 2 heterocycles. The van der Waals surface area contributed by atoms with E-state index >= 15 is 0 Å². The monoisotopic (exact) mass is 186 g/mol. The highest BCUT2D eigenvalue weighted by Gasteiger charge is 2.17. The minimum atomic E-state index is 0.748. The van der Waals surface area contributed by atoms with Crippen LogP contribution in [-0.2, 0) is 6.54 Å². The SMILES string of the molecule is Cc1nnc2n1-c1ccccc1NC2. The first-order chi connectivity index (χ1) is 6.86. The lowest BCUT2D eigenvalue weighted by atomic mass is 10.2. The van der Waals surface area contributed by atoms with E-state index in [2.05, 4.69) is 32.2 Å². The van der Waals surface area contributed by atoms with Crippen LogP contribution in [0, 0.1) is 6.92 Å². The molecule has 0 amide bonds. The van der Waals surface area contributed by atoms with Gasteiger partial charge in [0.25, 0.3) is 0 Å². The Balaban J connectivity index is 2.32. The Morgan fingerprint density at radius 1 is 1.29 bits per heavy atom. The van der Waals surface area contributed by atoms with Crippen LogP contribution in [0.3, 0.4) is 0 Å². The van der Waals surface area contributed by atoms with Gasteiger partial charge in [-0.05, 0) is 19.1 Å². The summed E-state index contributed by atoms with van der Waals surface area (Å²) in [5.41, 5.74) is 2.28. The highest BCUT2D eigenvalue weighted by atomic mass is 15.3. The van der Waals surface area contributed by atoms with Gasteiger partial charge in [0.1, 0.15) is 5.82 Å². The zero-order valence-corrected chi connectivity index (χ0v) is 7.86. The third kappa shape index (κ3) is 0.878. The van der Waals surface area contributed by atoms with Crippen LogP contribution < -0.4 is 5.32 Å². The number of para-hydroxylation sites is 2. The van der Waals surface area contributed by atoms with Gasteiger partial charge in [0.15, 0.2) is 5.82 Å². The molecule has 1 N–H and O–H groups in total. The van der Waals surface area contributed by atoms with E-state index in [0.29, 0.717) is 0 Å². The number of hydrogen-bond donors (Lipinski definition) is 1. The standard InChI is InChI=1S/C10H10N4/c1-7-12-13-10-6-11-8-4-2-3-5-9(8)14(7)10/h2-5,11H,6H2,1H3. The molecule has 3 rings (SSSR count). The summed E-state index contributed by atoms with van der Waals surface area (Å²) < 4.78 is 2.09. The Labute approximate surface area is 81.6 Å². The van der Waals surface area contributed by atoms with Gasteiger partial charge in [-0.2, -0.15) is 0 Å². The van der Waals surface area contributed by atoms with Gasteiger partial charge in [0, 0.05) is 0 Å². The number of nitrogens with one attached hydrogen (secondary N) is 1. The molecule has 0 fully saturated rings. The molecule has 70 valence electrons. The normalized spacial score (nSPS) is 12.9. The molecule has 1 aromatic heterocycles. The van der Waals surface area contributed by atoms with Crippen molar-refractivity contribution in [3.8, 4) is 5.69 Å². The Morgan fingerprint density at radius 2 is 2.14 bits per heavy atom. The van der Waals surface area contributed by atoms with Gasteiger partial charge < -0.3 is 5.32 Å². The lowest BCUT2D eigenvalue weighted by Crippen LogP contribution is -2.16. The predicted molar refractivity (Wildman–Crippen MR) is 53.4 cm³/mol. The van der Waals surface area contributed by atoms with Crippen molar-refractivity contribution in [2.45, 2.75) is 13.5 Å². The molecular weight excluding hydrogens is 176 g/mol. The number of rotatable bonds is 0. The van der Waals surface area contributed by atoms with E-state index in [9.17, 15) is 0 Å². The van der Waals surface area contributed by atoms with Crippen LogP contribution in [0.1, 0.15) is 11.6 Å². The second-order valence-corrected chi connectivity index (χ2v) is 3.37. The number of benzene rings is 1. The summed E-state index contributed by atoms with van der Waals surface area (Å²) in [6.45, 7) is 2.72. The first kappa shape index (κ1) is 7.55. The van der Waals surface area contributed by atoms with Crippen molar-refractivity contribution in [3.05, 3.63) is 35.9 Å². The summed E-state index contributed by atoms with van der Waals surface area (Å²) in [4.78, 5) is 0. The lowest BCUT2D eigenvalue weighted by molar-refractivity contribution is 0.849. The molecular formula is C10H10N4. The van der Waals surface area contributed by atoms with E-state index < -0.39 is 0 Å². The fourth-order valence-corrected chi connectivity index (χ4v) is 1.83. The molecule has 0 atom stereocenters. The third-order valence-electron chi connectivity index (χ3n) is 2.47. The fourth-order valence-electron chi connectivity index (χ4n) is 1.83. The largest absolute Gasteiger partial charge is 0.376 e. The van der Waals surface area contributed by atoms with Crippen LogP contribution in [-0.4, -0.2) is 14.8 Å². The summed E-state index contributed by atoms with van der Waals surface area (Å²) in [7, 11) is 0. The van der Waals surface area contributed by atoms with E-state index in [0.717, 1.165) is 29.6 Å². The van der Waals surface area contributed by atoms with Gasteiger partial charge in [0.2, 0.25) is 0 Å². The van der Waals surface area contributed by atoms with Crippen LogP contribution in [0.15, 0.2) is 24.3 Å². The molecule has 0 spiro atoms. The molecule has 0 saturated heterocycles. The predicted octanol–water partition coefficient (Wildman–Crippen LogP) is 1.50.